The molecule has 22 heavy (non-hydrogen) atoms. The molecule has 0 aromatic carbocycles. The van der Waals surface area contributed by atoms with Gasteiger partial charge in [-0.2, -0.15) is 0 Å². The Morgan fingerprint density at radius 2 is 1.95 bits per heavy atom. The van der Waals surface area contributed by atoms with E-state index in [0.717, 1.165) is 38.8 Å². The van der Waals surface area contributed by atoms with Crippen molar-refractivity contribution in [1.29, 1.82) is 0 Å². The normalized spacial score (nSPS) is 30.9. The Bertz CT molecular complexity index is 553. The molecular weight excluding hydrogens is 282 g/mol. The SMILES string of the molecule is O=C(NC1CCC1)C1C[C@@H]2CN(C(=O)c3ccno3)C[C@@H]2C1. The Balaban J connectivity index is 1.32. The second-order valence-electron chi connectivity index (χ2n) is 6.91. The van der Waals surface area contributed by atoms with Crippen molar-refractivity contribution in [2.75, 3.05) is 13.1 Å². The van der Waals surface area contributed by atoms with E-state index in [1.165, 1.54) is 12.6 Å². The summed E-state index contributed by atoms with van der Waals surface area (Å²) >= 11 is 0. The molecule has 3 atom stereocenters. The van der Waals surface area contributed by atoms with E-state index in [4.69, 9.17) is 4.52 Å². The van der Waals surface area contributed by atoms with Crippen molar-refractivity contribution in [3.8, 4) is 0 Å². The molecule has 0 radical (unpaired) electrons. The van der Waals surface area contributed by atoms with Crippen molar-refractivity contribution in [3.05, 3.63) is 18.0 Å². The van der Waals surface area contributed by atoms with E-state index in [2.05, 4.69) is 10.5 Å². The number of likely N-dealkylation sites (tertiary alicyclic amines) is 1. The fraction of sp³-hybridized carbons (Fsp3) is 0.688. The fourth-order valence-corrected chi connectivity index (χ4v) is 4.03. The molecule has 2 amide bonds. The Morgan fingerprint density at radius 1 is 1.23 bits per heavy atom. The molecule has 1 N–H and O–H groups in total. The van der Waals surface area contributed by atoms with Crippen LogP contribution in [-0.4, -0.2) is 41.0 Å². The molecule has 1 aromatic rings. The van der Waals surface area contributed by atoms with Crippen molar-refractivity contribution in [1.82, 2.24) is 15.4 Å². The van der Waals surface area contributed by atoms with E-state index in [0.29, 0.717) is 23.6 Å². The first-order valence-corrected chi connectivity index (χ1v) is 8.21. The number of hydrogen-bond donors (Lipinski definition) is 1. The van der Waals surface area contributed by atoms with Crippen LogP contribution in [0.15, 0.2) is 16.8 Å². The van der Waals surface area contributed by atoms with Crippen LogP contribution in [0, 0.1) is 17.8 Å². The second kappa shape index (κ2) is 5.41. The van der Waals surface area contributed by atoms with Gasteiger partial charge in [-0.05, 0) is 43.9 Å². The van der Waals surface area contributed by atoms with E-state index < -0.39 is 0 Å². The van der Waals surface area contributed by atoms with Gasteiger partial charge in [-0.25, -0.2) is 0 Å². The number of nitrogens with one attached hydrogen (secondary N) is 1. The first-order chi connectivity index (χ1) is 10.7. The molecule has 2 saturated carbocycles. The maximum Gasteiger partial charge on any atom is 0.292 e. The molecule has 3 aliphatic rings. The quantitative estimate of drug-likeness (QED) is 0.917. The standard InChI is InChI=1S/C16H21N3O3/c20-15(18-13-2-1-3-13)10-6-11-8-19(9-12(11)7-10)16(21)14-4-5-17-22-14/h4-5,10-13H,1-3,6-9H2,(H,18,20)/t10?,11-,12+. The number of amides is 2. The zero-order valence-corrected chi connectivity index (χ0v) is 12.5. The van der Waals surface area contributed by atoms with E-state index in [-0.39, 0.29) is 17.7 Å². The monoisotopic (exact) mass is 303 g/mol. The highest BCUT2D eigenvalue weighted by molar-refractivity contribution is 5.91. The van der Waals surface area contributed by atoms with Crippen LogP contribution in [0.4, 0.5) is 0 Å². The van der Waals surface area contributed by atoms with Gasteiger partial charge in [-0.15, -0.1) is 0 Å². The Labute approximate surface area is 129 Å². The van der Waals surface area contributed by atoms with Crippen molar-refractivity contribution in [2.45, 2.75) is 38.1 Å². The predicted octanol–water partition coefficient (Wildman–Crippen LogP) is 1.44. The molecule has 0 spiro atoms. The zero-order valence-electron chi connectivity index (χ0n) is 12.5. The minimum Gasteiger partial charge on any atom is -0.353 e. The minimum absolute atomic E-state index is 0.0811. The lowest BCUT2D eigenvalue weighted by atomic mass is 9.92. The lowest BCUT2D eigenvalue weighted by molar-refractivity contribution is -0.126. The van der Waals surface area contributed by atoms with Crippen LogP contribution in [-0.2, 0) is 4.79 Å². The topological polar surface area (TPSA) is 75.4 Å². The molecule has 6 nitrogen and oxygen atoms in total. The first kappa shape index (κ1) is 13.8. The second-order valence-corrected chi connectivity index (χ2v) is 6.91. The molecule has 4 rings (SSSR count). The number of carbonyl (C=O) groups is 2. The molecule has 2 aliphatic carbocycles. The van der Waals surface area contributed by atoms with Crippen LogP contribution in [0.5, 0.6) is 0 Å². The summed E-state index contributed by atoms with van der Waals surface area (Å²) in [5, 5.41) is 6.75. The van der Waals surface area contributed by atoms with Gasteiger partial charge < -0.3 is 14.7 Å². The number of fused-ring (bicyclic) bond motifs is 1. The number of carbonyl (C=O) groups excluding carboxylic acids is 2. The molecule has 1 aromatic heterocycles. The number of aromatic nitrogens is 1. The average Bonchev–Trinajstić information content (AvgIpc) is 3.15. The third-order valence-corrected chi connectivity index (χ3v) is 5.51. The Hall–Kier alpha value is -1.85. The summed E-state index contributed by atoms with van der Waals surface area (Å²) in [6, 6.07) is 2.02. The molecule has 1 unspecified atom stereocenters. The molecule has 1 aliphatic heterocycles. The molecular formula is C16H21N3O3. The minimum atomic E-state index is -0.0811. The summed E-state index contributed by atoms with van der Waals surface area (Å²) in [5.74, 6) is 1.49. The third kappa shape index (κ3) is 2.40. The van der Waals surface area contributed by atoms with Gasteiger partial charge in [0.1, 0.15) is 0 Å². The highest BCUT2D eigenvalue weighted by Gasteiger charge is 2.45. The Morgan fingerprint density at radius 3 is 2.50 bits per heavy atom. The van der Waals surface area contributed by atoms with Crippen LogP contribution >= 0.6 is 0 Å². The molecule has 0 bridgehead atoms. The summed E-state index contributed by atoms with van der Waals surface area (Å²) in [6.07, 6.45) is 6.80. The lowest BCUT2D eigenvalue weighted by Gasteiger charge is -2.28. The van der Waals surface area contributed by atoms with Gasteiger partial charge in [0.2, 0.25) is 11.7 Å². The van der Waals surface area contributed by atoms with E-state index in [1.807, 2.05) is 4.90 Å². The van der Waals surface area contributed by atoms with Crippen molar-refractivity contribution >= 4 is 11.8 Å². The number of hydrogen-bond acceptors (Lipinski definition) is 4. The fourth-order valence-electron chi connectivity index (χ4n) is 4.03. The van der Waals surface area contributed by atoms with E-state index >= 15 is 0 Å². The predicted molar refractivity (Wildman–Crippen MR) is 77.9 cm³/mol. The summed E-state index contributed by atoms with van der Waals surface area (Å²) in [5.41, 5.74) is 0. The van der Waals surface area contributed by atoms with Gasteiger partial charge in [0.15, 0.2) is 0 Å². The average molecular weight is 303 g/mol. The van der Waals surface area contributed by atoms with Gasteiger partial charge in [0.25, 0.3) is 5.91 Å². The van der Waals surface area contributed by atoms with Crippen LogP contribution < -0.4 is 5.32 Å². The Kier molecular flexibility index (Phi) is 3.39. The van der Waals surface area contributed by atoms with Gasteiger partial charge in [0, 0.05) is 31.1 Å². The smallest absolute Gasteiger partial charge is 0.292 e. The summed E-state index contributed by atoms with van der Waals surface area (Å²) in [4.78, 5) is 26.4. The molecule has 118 valence electrons. The first-order valence-electron chi connectivity index (χ1n) is 8.21. The zero-order chi connectivity index (χ0) is 15.1. The highest BCUT2D eigenvalue weighted by Crippen LogP contribution is 2.42. The molecule has 2 heterocycles. The molecule has 3 fully saturated rings. The number of nitrogens with zero attached hydrogens (tertiary/aromatic N) is 2. The maximum absolute atomic E-state index is 12.3. The van der Waals surface area contributed by atoms with Crippen molar-refractivity contribution in [2.24, 2.45) is 17.8 Å². The maximum atomic E-state index is 12.3. The molecule has 1 saturated heterocycles. The van der Waals surface area contributed by atoms with E-state index in [9.17, 15) is 9.59 Å². The van der Waals surface area contributed by atoms with Crippen LogP contribution in [0.3, 0.4) is 0 Å². The highest BCUT2D eigenvalue weighted by atomic mass is 16.5. The largest absolute Gasteiger partial charge is 0.353 e. The summed E-state index contributed by atoms with van der Waals surface area (Å²) in [6.45, 7) is 1.47. The summed E-state index contributed by atoms with van der Waals surface area (Å²) < 4.78 is 4.95. The number of rotatable bonds is 3. The van der Waals surface area contributed by atoms with Crippen LogP contribution in [0.25, 0.3) is 0 Å². The third-order valence-electron chi connectivity index (χ3n) is 5.51. The van der Waals surface area contributed by atoms with Crippen LogP contribution in [0.1, 0.15) is 42.7 Å². The van der Waals surface area contributed by atoms with Crippen molar-refractivity contribution in [3.63, 3.8) is 0 Å². The van der Waals surface area contributed by atoms with Gasteiger partial charge in [0.05, 0.1) is 6.20 Å². The van der Waals surface area contributed by atoms with Crippen molar-refractivity contribution < 1.29 is 14.1 Å². The van der Waals surface area contributed by atoms with Gasteiger partial charge in [-0.3, -0.25) is 9.59 Å². The lowest BCUT2D eigenvalue weighted by Crippen LogP contribution is -2.42. The summed E-state index contributed by atoms with van der Waals surface area (Å²) in [7, 11) is 0. The molecule has 6 heteroatoms. The van der Waals surface area contributed by atoms with E-state index in [1.54, 1.807) is 6.07 Å². The van der Waals surface area contributed by atoms with Gasteiger partial charge >= 0.3 is 0 Å². The van der Waals surface area contributed by atoms with Gasteiger partial charge in [-0.1, -0.05) is 5.16 Å². The van der Waals surface area contributed by atoms with Crippen LogP contribution in [0.2, 0.25) is 0 Å².